The number of nitrogens with one attached hydrogen (secondary N) is 1. The van der Waals surface area contributed by atoms with Gasteiger partial charge < -0.3 is 10.2 Å². The quantitative estimate of drug-likeness (QED) is 0.922. The lowest BCUT2D eigenvalue weighted by Gasteiger charge is -2.31. The van der Waals surface area contributed by atoms with E-state index in [9.17, 15) is 9.59 Å². The van der Waals surface area contributed by atoms with Crippen molar-refractivity contribution in [3.05, 3.63) is 16.1 Å². The van der Waals surface area contributed by atoms with Gasteiger partial charge in [-0.3, -0.25) is 9.59 Å². The van der Waals surface area contributed by atoms with E-state index in [1.54, 1.807) is 16.2 Å². The third-order valence-corrected chi connectivity index (χ3v) is 4.64. The van der Waals surface area contributed by atoms with Gasteiger partial charge in [-0.05, 0) is 27.7 Å². The number of carbonyl (C=O) groups is 2. The topological polar surface area (TPSA) is 62.3 Å². The molecule has 1 aliphatic rings. The van der Waals surface area contributed by atoms with Crippen molar-refractivity contribution in [2.24, 2.45) is 5.92 Å². The lowest BCUT2D eigenvalue weighted by molar-refractivity contribution is -0.132. The zero-order valence-corrected chi connectivity index (χ0v) is 13.9. The zero-order chi connectivity index (χ0) is 15.6. The standard InChI is InChI=1S/C15H23N3O2S/c1-10-9-21-12(17-10)5-6-16-14(20)11-7-13(19)18(8-11)15(2,3)4/h9,11H,5-8H2,1-4H3,(H,16,20)/t11-/m0/s1. The molecule has 1 aromatic rings. The summed E-state index contributed by atoms with van der Waals surface area (Å²) in [4.78, 5) is 30.3. The maximum Gasteiger partial charge on any atom is 0.225 e. The van der Waals surface area contributed by atoms with Gasteiger partial charge in [-0.1, -0.05) is 0 Å². The fraction of sp³-hybridized carbons (Fsp3) is 0.667. The summed E-state index contributed by atoms with van der Waals surface area (Å²) >= 11 is 1.61. The van der Waals surface area contributed by atoms with Crippen molar-refractivity contribution in [3.63, 3.8) is 0 Å². The molecule has 0 bridgehead atoms. The second kappa shape index (κ2) is 6.13. The van der Waals surface area contributed by atoms with E-state index in [0.29, 0.717) is 19.5 Å². The maximum atomic E-state index is 12.2. The minimum atomic E-state index is -0.227. The molecule has 1 aliphatic heterocycles. The van der Waals surface area contributed by atoms with Crippen LogP contribution < -0.4 is 5.32 Å². The number of aromatic nitrogens is 1. The van der Waals surface area contributed by atoms with Crippen molar-refractivity contribution in [2.45, 2.75) is 46.1 Å². The van der Waals surface area contributed by atoms with Crippen LogP contribution in [0.5, 0.6) is 0 Å². The fourth-order valence-electron chi connectivity index (χ4n) is 2.49. The molecule has 0 unspecified atom stereocenters. The third kappa shape index (κ3) is 4.03. The van der Waals surface area contributed by atoms with Crippen LogP contribution in [0.25, 0.3) is 0 Å². The van der Waals surface area contributed by atoms with Gasteiger partial charge >= 0.3 is 0 Å². The SMILES string of the molecule is Cc1csc(CCNC(=O)[C@H]2CC(=O)N(C(C)(C)C)C2)n1. The maximum absolute atomic E-state index is 12.2. The molecule has 1 N–H and O–H groups in total. The van der Waals surface area contributed by atoms with E-state index < -0.39 is 0 Å². The Labute approximate surface area is 129 Å². The van der Waals surface area contributed by atoms with Crippen molar-refractivity contribution in [2.75, 3.05) is 13.1 Å². The van der Waals surface area contributed by atoms with Gasteiger partial charge in [0.25, 0.3) is 0 Å². The minimum Gasteiger partial charge on any atom is -0.355 e. The summed E-state index contributed by atoms with van der Waals surface area (Å²) in [5.41, 5.74) is 0.799. The Hall–Kier alpha value is -1.43. The number of amides is 2. The van der Waals surface area contributed by atoms with Crippen molar-refractivity contribution < 1.29 is 9.59 Å². The smallest absolute Gasteiger partial charge is 0.225 e. The van der Waals surface area contributed by atoms with Gasteiger partial charge in [0.05, 0.1) is 10.9 Å². The van der Waals surface area contributed by atoms with Crippen molar-refractivity contribution >= 4 is 23.2 Å². The van der Waals surface area contributed by atoms with Gasteiger partial charge in [-0.2, -0.15) is 0 Å². The highest BCUT2D eigenvalue weighted by molar-refractivity contribution is 7.09. The molecular weight excluding hydrogens is 286 g/mol. The Morgan fingerprint density at radius 2 is 2.24 bits per heavy atom. The number of carbonyl (C=O) groups excluding carboxylic acids is 2. The Balaban J connectivity index is 1.80. The molecular formula is C15H23N3O2S. The van der Waals surface area contributed by atoms with Gasteiger partial charge in [0.15, 0.2) is 0 Å². The van der Waals surface area contributed by atoms with Crippen LogP contribution in [0.2, 0.25) is 0 Å². The number of aryl methyl sites for hydroxylation is 1. The van der Waals surface area contributed by atoms with Crippen LogP contribution in [-0.2, 0) is 16.0 Å². The van der Waals surface area contributed by atoms with E-state index in [1.807, 2.05) is 33.1 Å². The molecule has 1 saturated heterocycles. The van der Waals surface area contributed by atoms with Crippen LogP contribution in [0.4, 0.5) is 0 Å². The molecule has 0 aromatic carbocycles. The van der Waals surface area contributed by atoms with Crippen LogP contribution in [0, 0.1) is 12.8 Å². The summed E-state index contributed by atoms with van der Waals surface area (Å²) < 4.78 is 0. The number of thiazole rings is 1. The van der Waals surface area contributed by atoms with Gasteiger partial charge in [0.2, 0.25) is 11.8 Å². The predicted octanol–water partition coefficient (Wildman–Crippen LogP) is 1.76. The van der Waals surface area contributed by atoms with E-state index >= 15 is 0 Å². The second-order valence-corrected chi connectivity index (χ2v) is 7.44. The Kier molecular flexibility index (Phi) is 4.66. The summed E-state index contributed by atoms with van der Waals surface area (Å²) in [5.74, 6) is -0.184. The lowest BCUT2D eigenvalue weighted by Crippen LogP contribution is -2.43. The van der Waals surface area contributed by atoms with Crippen LogP contribution >= 0.6 is 11.3 Å². The number of hydrogen-bond donors (Lipinski definition) is 1. The number of rotatable bonds is 4. The van der Waals surface area contributed by atoms with Crippen molar-refractivity contribution in [1.29, 1.82) is 0 Å². The predicted molar refractivity (Wildman–Crippen MR) is 83.1 cm³/mol. The molecule has 0 aliphatic carbocycles. The molecule has 0 radical (unpaired) electrons. The average Bonchev–Trinajstić information content (AvgIpc) is 2.95. The first kappa shape index (κ1) is 15.9. The molecule has 1 aromatic heterocycles. The van der Waals surface area contributed by atoms with E-state index in [2.05, 4.69) is 10.3 Å². The highest BCUT2D eigenvalue weighted by Crippen LogP contribution is 2.25. The lowest BCUT2D eigenvalue weighted by atomic mass is 10.1. The first-order chi connectivity index (χ1) is 9.77. The van der Waals surface area contributed by atoms with Gasteiger partial charge in [-0.25, -0.2) is 4.98 Å². The summed E-state index contributed by atoms with van der Waals surface area (Å²) in [6.45, 7) is 9.04. The Bertz CT molecular complexity index is 533. The zero-order valence-electron chi connectivity index (χ0n) is 13.1. The molecule has 5 nitrogen and oxygen atoms in total. The summed E-state index contributed by atoms with van der Waals surface area (Å²) in [6, 6.07) is 0. The van der Waals surface area contributed by atoms with E-state index in [1.165, 1.54) is 0 Å². The average molecular weight is 309 g/mol. The van der Waals surface area contributed by atoms with E-state index in [4.69, 9.17) is 0 Å². The molecule has 6 heteroatoms. The van der Waals surface area contributed by atoms with Crippen LogP contribution in [-0.4, -0.2) is 40.3 Å². The van der Waals surface area contributed by atoms with Crippen LogP contribution in [0.3, 0.4) is 0 Å². The number of nitrogens with zero attached hydrogens (tertiary/aromatic N) is 2. The molecule has 1 fully saturated rings. The summed E-state index contributed by atoms with van der Waals surface area (Å²) in [5, 5.41) is 5.97. The molecule has 116 valence electrons. The highest BCUT2D eigenvalue weighted by Gasteiger charge is 2.39. The van der Waals surface area contributed by atoms with Crippen molar-refractivity contribution in [3.8, 4) is 0 Å². The fourth-order valence-corrected chi connectivity index (χ4v) is 3.26. The molecule has 2 amide bonds. The van der Waals surface area contributed by atoms with Gasteiger partial charge in [0.1, 0.15) is 0 Å². The monoisotopic (exact) mass is 309 g/mol. The molecule has 1 atom stereocenters. The Morgan fingerprint density at radius 1 is 1.52 bits per heavy atom. The number of likely N-dealkylation sites (tertiary alicyclic amines) is 1. The molecule has 2 rings (SSSR count). The first-order valence-electron chi connectivity index (χ1n) is 7.26. The highest BCUT2D eigenvalue weighted by atomic mass is 32.1. The summed E-state index contributed by atoms with van der Waals surface area (Å²) in [7, 11) is 0. The normalized spacial score (nSPS) is 19.1. The number of hydrogen-bond acceptors (Lipinski definition) is 4. The van der Waals surface area contributed by atoms with Crippen LogP contribution in [0.15, 0.2) is 5.38 Å². The van der Waals surface area contributed by atoms with Crippen LogP contribution in [0.1, 0.15) is 37.9 Å². The minimum absolute atomic E-state index is 0.0246. The second-order valence-electron chi connectivity index (χ2n) is 6.50. The summed E-state index contributed by atoms with van der Waals surface area (Å²) in [6.07, 6.45) is 1.06. The largest absolute Gasteiger partial charge is 0.355 e. The van der Waals surface area contributed by atoms with Crippen molar-refractivity contribution in [1.82, 2.24) is 15.2 Å². The van der Waals surface area contributed by atoms with E-state index in [-0.39, 0.29) is 23.3 Å². The Morgan fingerprint density at radius 3 is 2.76 bits per heavy atom. The molecule has 2 heterocycles. The third-order valence-electron chi connectivity index (χ3n) is 3.61. The van der Waals surface area contributed by atoms with Gasteiger partial charge in [0, 0.05) is 42.5 Å². The van der Waals surface area contributed by atoms with E-state index in [0.717, 1.165) is 17.1 Å². The molecule has 0 spiro atoms. The first-order valence-corrected chi connectivity index (χ1v) is 8.14. The van der Waals surface area contributed by atoms with Gasteiger partial charge in [-0.15, -0.1) is 11.3 Å². The molecule has 0 saturated carbocycles. The molecule has 21 heavy (non-hydrogen) atoms.